The number of halogens is 1. The Morgan fingerprint density at radius 3 is 2.68 bits per heavy atom. The van der Waals surface area contributed by atoms with Crippen LogP contribution < -0.4 is 21.7 Å². The molecule has 1 heterocycles. The molecule has 0 saturated heterocycles. The van der Waals surface area contributed by atoms with Crippen molar-refractivity contribution in [1.29, 1.82) is 0 Å². The Bertz CT molecular complexity index is 578. The molecule has 0 radical (unpaired) electrons. The van der Waals surface area contributed by atoms with E-state index in [9.17, 15) is 0 Å². The number of nitrogens with two attached hydrogens (primary N) is 2. The van der Waals surface area contributed by atoms with E-state index in [2.05, 4.69) is 15.4 Å². The summed E-state index contributed by atoms with van der Waals surface area (Å²) in [5, 5.41) is 0.558. The zero-order chi connectivity index (χ0) is 13.8. The van der Waals surface area contributed by atoms with Gasteiger partial charge in [-0.1, -0.05) is 17.7 Å². The zero-order valence-electron chi connectivity index (χ0n) is 10.3. The van der Waals surface area contributed by atoms with Crippen molar-refractivity contribution >= 4 is 17.3 Å². The van der Waals surface area contributed by atoms with Gasteiger partial charge in [0.15, 0.2) is 0 Å². The highest BCUT2D eigenvalue weighted by molar-refractivity contribution is 6.30. The minimum Gasteiger partial charge on any atom is -0.480 e. The summed E-state index contributed by atoms with van der Waals surface area (Å²) in [6, 6.07) is 4.75. The molecule has 7 heteroatoms. The van der Waals surface area contributed by atoms with Gasteiger partial charge in [-0.15, -0.1) is 0 Å². The second-order valence-corrected chi connectivity index (χ2v) is 4.26. The maximum absolute atomic E-state index is 5.96. The van der Waals surface area contributed by atoms with Gasteiger partial charge in [-0.25, -0.2) is 10.4 Å². The van der Waals surface area contributed by atoms with E-state index in [4.69, 9.17) is 27.9 Å². The molecule has 0 spiro atoms. The summed E-state index contributed by atoms with van der Waals surface area (Å²) in [7, 11) is 1.52. The van der Waals surface area contributed by atoms with Crippen molar-refractivity contribution in [3.05, 3.63) is 46.9 Å². The number of ether oxygens (including phenoxy) is 1. The topological polar surface area (TPSA) is 99.1 Å². The van der Waals surface area contributed by atoms with Crippen molar-refractivity contribution in [2.45, 2.75) is 6.04 Å². The third-order valence-electron chi connectivity index (χ3n) is 2.68. The number of hydrogen-bond acceptors (Lipinski definition) is 6. The van der Waals surface area contributed by atoms with Gasteiger partial charge in [0.05, 0.1) is 13.2 Å². The predicted octanol–water partition coefficient (Wildman–Crippen LogP) is 1.27. The number of rotatable bonds is 4. The lowest BCUT2D eigenvalue weighted by Crippen LogP contribution is -2.30. The smallest absolute Gasteiger partial charge is 0.237 e. The van der Waals surface area contributed by atoms with Crippen molar-refractivity contribution in [1.82, 2.24) is 15.4 Å². The molecule has 1 atom stereocenters. The van der Waals surface area contributed by atoms with E-state index in [0.29, 0.717) is 22.3 Å². The number of hydrogen-bond donors (Lipinski definition) is 3. The largest absolute Gasteiger partial charge is 0.480 e. The van der Waals surface area contributed by atoms with E-state index in [1.165, 1.54) is 7.11 Å². The molecule has 0 bridgehead atoms. The third-order valence-corrected chi connectivity index (χ3v) is 2.92. The molecule has 2 aromatic rings. The van der Waals surface area contributed by atoms with Gasteiger partial charge in [0.2, 0.25) is 5.88 Å². The zero-order valence-corrected chi connectivity index (χ0v) is 11.1. The predicted molar refractivity (Wildman–Crippen MR) is 73.6 cm³/mol. The van der Waals surface area contributed by atoms with Gasteiger partial charge in [-0.05, 0) is 17.7 Å². The van der Waals surface area contributed by atoms with Gasteiger partial charge < -0.3 is 10.5 Å². The second kappa shape index (κ2) is 5.83. The van der Waals surface area contributed by atoms with Crippen molar-refractivity contribution in [2.75, 3.05) is 12.8 Å². The summed E-state index contributed by atoms with van der Waals surface area (Å²) in [5.74, 6) is 5.99. The van der Waals surface area contributed by atoms with Crippen LogP contribution in [0.15, 0.2) is 30.6 Å². The first kappa shape index (κ1) is 13.5. The van der Waals surface area contributed by atoms with Crippen LogP contribution in [0.5, 0.6) is 5.88 Å². The van der Waals surface area contributed by atoms with E-state index in [1.807, 2.05) is 0 Å². The highest BCUT2D eigenvalue weighted by atomic mass is 35.5. The molecular weight excluding hydrogens is 266 g/mol. The molecule has 100 valence electrons. The van der Waals surface area contributed by atoms with Gasteiger partial charge >= 0.3 is 0 Å². The van der Waals surface area contributed by atoms with Crippen molar-refractivity contribution < 1.29 is 4.74 Å². The first-order chi connectivity index (χ1) is 9.17. The SMILES string of the molecule is COc1nccnc1C(NN)c1ccc(Cl)cc1N. The molecular formula is C12H14ClN5O. The summed E-state index contributed by atoms with van der Waals surface area (Å²) in [5.41, 5.74) is 10.5. The number of benzene rings is 1. The maximum Gasteiger partial charge on any atom is 0.237 e. The second-order valence-electron chi connectivity index (χ2n) is 3.82. The molecule has 2 rings (SSSR count). The molecule has 1 unspecified atom stereocenters. The fraction of sp³-hybridized carbons (Fsp3) is 0.167. The Balaban J connectivity index is 2.50. The van der Waals surface area contributed by atoms with Crippen LogP contribution in [-0.4, -0.2) is 17.1 Å². The average Bonchev–Trinajstić information content (AvgIpc) is 2.42. The molecule has 0 saturated carbocycles. The van der Waals surface area contributed by atoms with Crippen LogP contribution in [0.1, 0.15) is 17.3 Å². The van der Waals surface area contributed by atoms with Crippen LogP contribution in [0.3, 0.4) is 0 Å². The number of methoxy groups -OCH3 is 1. The summed E-state index contributed by atoms with van der Waals surface area (Å²) in [6.45, 7) is 0. The average molecular weight is 280 g/mol. The van der Waals surface area contributed by atoms with Crippen molar-refractivity contribution in [2.24, 2.45) is 5.84 Å². The van der Waals surface area contributed by atoms with Gasteiger partial charge in [-0.2, -0.15) is 0 Å². The molecule has 6 nitrogen and oxygen atoms in total. The standard InChI is InChI=1S/C12H14ClN5O/c1-19-12-11(16-4-5-17-12)10(18-15)8-3-2-7(13)6-9(8)14/h2-6,10,18H,14-15H2,1H3. The molecule has 0 aliphatic carbocycles. The summed E-state index contributed by atoms with van der Waals surface area (Å²) < 4.78 is 5.18. The normalized spacial score (nSPS) is 12.2. The lowest BCUT2D eigenvalue weighted by Gasteiger charge is -2.19. The number of nitrogens with one attached hydrogen (secondary N) is 1. The number of nitrogen functional groups attached to an aromatic ring is 1. The van der Waals surface area contributed by atoms with Crippen molar-refractivity contribution in [3.63, 3.8) is 0 Å². The Kier molecular flexibility index (Phi) is 4.16. The quantitative estimate of drug-likeness (QED) is 0.443. The van der Waals surface area contributed by atoms with E-state index >= 15 is 0 Å². The molecule has 0 aliphatic rings. The molecule has 0 fully saturated rings. The molecule has 5 N–H and O–H groups in total. The van der Waals surface area contributed by atoms with E-state index in [1.54, 1.807) is 30.6 Å². The van der Waals surface area contributed by atoms with Crippen LogP contribution >= 0.6 is 11.6 Å². The Labute approximate surface area is 115 Å². The Morgan fingerprint density at radius 1 is 1.32 bits per heavy atom. The molecule has 1 aromatic carbocycles. The number of aromatic nitrogens is 2. The van der Waals surface area contributed by atoms with Crippen LogP contribution in [0.25, 0.3) is 0 Å². The fourth-order valence-electron chi connectivity index (χ4n) is 1.82. The number of hydrazine groups is 1. The van der Waals surface area contributed by atoms with Gasteiger partial charge in [0, 0.05) is 23.1 Å². The van der Waals surface area contributed by atoms with Crippen LogP contribution in [0, 0.1) is 0 Å². The minimum absolute atomic E-state index is 0.389. The molecule has 1 aromatic heterocycles. The van der Waals surface area contributed by atoms with Crippen LogP contribution in [0.4, 0.5) is 5.69 Å². The monoisotopic (exact) mass is 279 g/mol. The third kappa shape index (κ3) is 2.76. The van der Waals surface area contributed by atoms with Crippen molar-refractivity contribution in [3.8, 4) is 5.88 Å². The summed E-state index contributed by atoms with van der Waals surface area (Å²) in [4.78, 5) is 8.33. The Hall–Kier alpha value is -1.89. The maximum atomic E-state index is 5.96. The fourth-order valence-corrected chi connectivity index (χ4v) is 2.00. The van der Waals surface area contributed by atoms with E-state index < -0.39 is 6.04 Å². The number of anilines is 1. The van der Waals surface area contributed by atoms with Crippen LogP contribution in [0.2, 0.25) is 5.02 Å². The summed E-state index contributed by atoms with van der Waals surface area (Å²) in [6.07, 6.45) is 3.11. The van der Waals surface area contributed by atoms with Gasteiger partial charge in [0.25, 0.3) is 0 Å². The molecule has 19 heavy (non-hydrogen) atoms. The highest BCUT2D eigenvalue weighted by Crippen LogP contribution is 2.30. The minimum atomic E-state index is -0.430. The molecule has 0 amide bonds. The lowest BCUT2D eigenvalue weighted by atomic mass is 10.0. The first-order valence-electron chi connectivity index (χ1n) is 5.53. The summed E-state index contributed by atoms with van der Waals surface area (Å²) >= 11 is 5.89. The van der Waals surface area contributed by atoms with Gasteiger partial charge in [-0.3, -0.25) is 10.8 Å². The van der Waals surface area contributed by atoms with Gasteiger partial charge in [0.1, 0.15) is 5.69 Å². The van der Waals surface area contributed by atoms with E-state index in [-0.39, 0.29) is 0 Å². The molecule has 0 aliphatic heterocycles. The first-order valence-corrected chi connectivity index (χ1v) is 5.91. The number of nitrogens with zero attached hydrogens (tertiary/aromatic N) is 2. The lowest BCUT2D eigenvalue weighted by molar-refractivity contribution is 0.383. The van der Waals surface area contributed by atoms with E-state index in [0.717, 1.165) is 5.56 Å². The highest BCUT2D eigenvalue weighted by Gasteiger charge is 2.21. The van der Waals surface area contributed by atoms with Crippen LogP contribution in [-0.2, 0) is 0 Å². The Morgan fingerprint density at radius 2 is 2.05 bits per heavy atom.